The number of nitrogens with zero attached hydrogens (tertiary/aromatic N) is 4. The maximum atomic E-state index is 12.2. The highest BCUT2D eigenvalue weighted by molar-refractivity contribution is 6.30. The maximum Gasteiger partial charge on any atom is 0.244 e. The molecule has 0 radical (unpaired) electrons. The molecule has 1 amide bonds. The number of aromatic nitrogens is 4. The molecule has 0 saturated heterocycles. The zero-order chi connectivity index (χ0) is 16.3. The zero-order valence-corrected chi connectivity index (χ0v) is 14.7. The first-order valence-electron chi connectivity index (χ1n) is 7.65. The normalized spacial score (nSPS) is 15.8. The molecule has 0 unspecified atom stereocenters. The summed E-state index contributed by atoms with van der Waals surface area (Å²) in [7, 11) is 0. The average Bonchev–Trinajstić information content (AvgIpc) is 3.18. The Morgan fingerprint density at radius 3 is 2.58 bits per heavy atom. The minimum absolute atomic E-state index is 0. The van der Waals surface area contributed by atoms with E-state index < -0.39 is 0 Å². The molecule has 1 aliphatic rings. The van der Waals surface area contributed by atoms with E-state index in [-0.39, 0.29) is 30.4 Å². The Bertz CT molecular complexity index is 682. The van der Waals surface area contributed by atoms with Crippen LogP contribution in [0.4, 0.5) is 0 Å². The van der Waals surface area contributed by atoms with Crippen molar-refractivity contribution < 1.29 is 4.79 Å². The predicted octanol–water partition coefficient (Wildman–Crippen LogP) is 1.80. The second-order valence-electron chi connectivity index (χ2n) is 5.89. The van der Waals surface area contributed by atoms with Crippen LogP contribution >= 0.6 is 24.0 Å². The van der Waals surface area contributed by atoms with Crippen molar-refractivity contribution in [3.05, 3.63) is 29.3 Å². The lowest BCUT2D eigenvalue weighted by atomic mass is 9.98. The Hall–Kier alpha value is -1.70. The van der Waals surface area contributed by atoms with Gasteiger partial charge in [-0.15, -0.1) is 22.6 Å². The largest absolute Gasteiger partial charge is 0.348 e. The van der Waals surface area contributed by atoms with Gasteiger partial charge in [-0.05, 0) is 42.3 Å². The van der Waals surface area contributed by atoms with Crippen LogP contribution in [0.25, 0.3) is 11.4 Å². The van der Waals surface area contributed by atoms with Crippen LogP contribution in [0.2, 0.25) is 5.02 Å². The summed E-state index contributed by atoms with van der Waals surface area (Å²) in [5, 5.41) is 15.8. The van der Waals surface area contributed by atoms with Crippen molar-refractivity contribution in [2.45, 2.75) is 37.8 Å². The quantitative estimate of drug-likeness (QED) is 0.835. The van der Waals surface area contributed by atoms with Gasteiger partial charge in [-0.1, -0.05) is 24.4 Å². The zero-order valence-electron chi connectivity index (χ0n) is 13.1. The monoisotopic (exact) mass is 370 g/mol. The Morgan fingerprint density at radius 2 is 1.96 bits per heavy atom. The fourth-order valence-corrected chi connectivity index (χ4v) is 3.05. The summed E-state index contributed by atoms with van der Waals surface area (Å²) in [6.45, 7) is 0.488. The number of tetrazole rings is 1. The number of nitrogens with one attached hydrogen (secondary N) is 1. The van der Waals surface area contributed by atoms with Gasteiger partial charge in [0.2, 0.25) is 11.7 Å². The van der Waals surface area contributed by atoms with Gasteiger partial charge in [0.1, 0.15) is 6.54 Å². The van der Waals surface area contributed by atoms with Gasteiger partial charge in [0.25, 0.3) is 0 Å². The molecule has 0 bridgehead atoms. The predicted molar refractivity (Wildman–Crippen MR) is 93.9 cm³/mol. The van der Waals surface area contributed by atoms with E-state index in [9.17, 15) is 4.79 Å². The number of amides is 1. The van der Waals surface area contributed by atoms with Crippen LogP contribution in [-0.2, 0) is 11.3 Å². The second-order valence-corrected chi connectivity index (χ2v) is 6.33. The van der Waals surface area contributed by atoms with Crippen LogP contribution in [0.3, 0.4) is 0 Å². The van der Waals surface area contributed by atoms with Gasteiger partial charge in [0.05, 0.1) is 5.54 Å². The number of nitrogens with two attached hydrogens (primary N) is 1. The standard InChI is InChI=1S/C15H19ClN6O.ClH/c16-12-5-3-11(4-6-12)14-19-21-22(20-14)9-13(23)18-15(10-17)7-1-2-8-15;/h3-6H,1-2,7-10,17H2,(H,18,23);1H. The second kappa shape index (κ2) is 7.92. The van der Waals surface area contributed by atoms with Gasteiger partial charge in [0.15, 0.2) is 0 Å². The third-order valence-corrected chi connectivity index (χ3v) is 4.45. The number of carbonyl (C=O) groups is 1. The summed E-state index contributed by atoms with van der Waals surface area (Å²) in [6.07, 6.45) is 4.05. The molecule has 1 aromatic heterocycles. The summed E-state index contributed by atoms with van der Waals surface area (Å²) in [6, 6.07) is 7.14. The fourth-order valence-electron chi connectivity index (χ4n) is 2.92. The van der Waals surface area contributed by atoms with Crippen LogP contribution in [0, 0.1) is 0 Å². The van der Waals surface area contributed by atoms with Gasteiger partial charge < -0.3 is 11.1 Å². The molecule has 1 aromatic carbocycles. The van der Waals surface area contributed by atoms with Crippen molar-refractivity contribution in [3.63, 3.8) is 0 Å². The van der Waals surface area contributed by atoms with Crippen LogP contribution in [-0.4, -0.2) is 38.2 Å². The first-order chi connectivity index (χ1) is 11.1. The lowest BCUT2D eigenvalue weighted by Gasteiger charge is -2.28. The molecule has 130 valence electrons. The summed E-state index contributed by atoms with van der Waals surface area (Å²) < 4.78 is 0. The van der Waals surface area contributed by atoms with Gasteiger partial charge >= 0.3 is 0 Å². The van der Waals surface area contributed by atoms with E-state index in [4.69, 9.17) is 17.3 Å². The van der Waals surface area contributed by atoms with E-state index in [1.54, 1.807) is 12.1 Å². The van der Waals surface area contributed by atoms with Crippen molar-refractivity contribution in [2.24, 2.45) is 5.73 Å². The topological polar surface area (TPSA) is 98.7 Å². The molecule has 0 spiro atoms. The van der Waals surface area contributed by atoms with Crippen molar-refractivity contribution in [3.8, 4) is 11.4 Å². The highest BCUT2D eigenvalue weighted by Gasteiger charge is 2.33. The maximum absolute atomic E-state index is 12.2. The molecule has 9 heteroatoms. The van der Waals surface area contributed by atoms with E-state index in [0.29, 0.717) is 17.4 Å². The van der Waals surface area contributed by atoms with Crippen LogP contribution in [0.15, 0.2) is 24.3 Å². The Kier molecular flexibility index (Phi) is 6.15. The lowest BCUT2D eigenvalue weighted by Crippen LogP contribution is -2.52. The minimum Gasteiger partial charge on any atom is -0.348 e. The lowest BCUT2D eigenvalue weighted by molar-refractivity contribution is -0.123. The summed E-state index contributed by atoms with van der Waals surface area (Å²) >= 11 is 5.86. The van der Waals surface area contributed by atoms with E-state index in [1.165, 1.54) is 4.80 Å². The third kappa shape index (κ3) is 4.23. The van der Waals surface area contributed by atoms with Crippen molar-refractivity contribution >= 4 is 29.9 Å². The molecule has 3 rings (SSSR count). The molecule has 1 aliphatic carbocycles. The number of hydrogen-bond donors (Lipinski definition) is 2. The van der Waals surface area contributed by atoms with Crippen molar-refractivity contribution in [1.82, 2.24) is 25.5 Å². The smallest absolute Gasteiger partial charge is 0.244 e. The molecule has 3 N–H and O–H groups in total. The summed E-state index contributed by atoms with van der Waals surface area (Å²) in [5.41, 5.74) is 6.36. The van der Waals surface area contributed by atoms with E-state index in [1.807, 2.05) is 12.1 Å². The minimum atomic E-state index is -0.267. The third-order valence-electron chi connectivity index (χ3n) is 4.20. The van der Waals surface area contributed by atoms with E-state index >= 15 is 0 Å². The molecule has 7 nitrogen and oxygen atoms in total. The Balaban J connectivity index is 0.00000208. The molecule has 1 heterocycles. The molecule has 2 aromatic rings. The molecule has 0 atom stereocenters. The fraction of sp³-hybridized carbons (Fsp3) is 0.467. The number of hydrogen-bond acceptors (Lipinski definition) is 5. The average molecular weight is 371 g/mol. The number of rotatable bonds is 5. The number of carbonyl (C=O) groups excluding carboxylic acids is 1. The van der Waals surface area contributed by atoms with Crippen LogP contribution in [0.1, 0.15) is 25.7 Å². The van der Waals surface area contributed by atoms with E-state index in [2.05, 4.69) is 20.7 Å². The Labute approximate surface area is 151 Å². The Morgan fingerprint density at radius 1 is 1.29 bits per heavy atom. The molecule has 0 aliphatic heterocycles. The first-order valence-corrected chi connectivity index (χ1v) is 8.03. The van der Waals surface area contributed by atoms with Crippen molar-refractivity contribution in [1.29, 1.82) is 0 Å². The van der Waals surface area contributed by atoms with Gasteiger partial charge in [-0.25, -0.2) is 0 Å². The number of benzene rings is 1. The first kappa shape index (κ1) is 18.6. The summed E-state index contributed by atoms with van der Waals surface area (Å²) in [5.74, 6) is 0.321. The molecule has 1 saturated carbocycles. The molecule has 24 heavy (non-hydrogen) atoms. The molecular weight excluding hydrogens is 351 g/mol. The highest BCUT2D eigenvalue weighted by Crippen LogP contribution is 2.28. The molecule has 1 fully saturated rings. The van der Waals surface area contributed by atoms with Gasteiger partial charge in [-0.3, -0.25) is 4.79 Å². The SMILES string of the molecule is Cl.NCC1(NC(=O)Cn2nnc(-c3ccc(Cl)cc3)n2)CCCC1. The highest BCUT2D eigenvalue weighted by atomic mass is 35.5. The number of halogens is 2. The van der Waals surface area contributed by atoms with Crippen LogP contribution < -0.4 is 11.1 Å². The van der Waals surface area contributed by atoms with Gasteiger partial charge in [0, 0.05) is 17.1 Å². The molecular formula is C15H20Cl2N6O. The van der Waals surface area contributed by atoms with E-state index in [0.717, 1.165) is 31.2 Å². The summed E-state index contributed by atoms with van der Waals surface area (Å²) in [4.78, 5) is 13.5. The van der Waals surface area contributed by atoms with Gasteiger partial charge in [-0.2, -0.15) is 4.80 Å². The van der Waals surface area contributed by atoms with Crippen LogP contribution in [0.5, 0.6) is 0 Å². The van der Waals surface area contributed by atoms with Crippen molar-refractivity contribution in [2.75, 3.05) is 6.54 Å².